The summed E-state index contributed by atoms with van der Waals surface area (Å²) < 4.78 is 29.5. The van der Waals surface area contributed by atoms with E-state index in [1.54, 1.807) is 12.0 Å². The third kappa shape index (κ3) is 5.63. The number of urea groups is 1. The zero-order chi connectivity index (χ0) is 23.6. The van der Waals surface area contributed by atoms with Gasteiger partial charge in [-0.25, -0.2) is 18.2 Å². The van der Waals surface area contributed by atoms with E-state index in [1.165, 1.54) is 18.4 Å². The van der Waals surface area contributed by atoms with Crippen LogP contribution in [0.5, 0.6) is 5.75 Å². The summed E-state index contributed by atoms with van der Waals surface area (Å²) in [7, 11) is -2.60. The van der Waals surface area contributed by atoms with Gasteiger partial charge in [-0.1, -0.05) is 36.4 Å². The van der Waals surface area contributed by atoms with E-state index in [0.29, 0.717) is 18.9 Å². The summed E-state index contributed by atoms with van der Waals surface area (Å²) in [6.07, 6.45) is 2.95. The highest BCUT2D eigenvalue weighted by Gasteiger charge is 2.40. The van der Waals surface area contributed by atoms with Gasteiger partial charge in [-0.3, -0.25) is 4.79 Å². The first-order chi connectivity index (χ1) is 15.8. The predicted octanol–water partition coefficient (Wildman–Crippen LogP) is 2.51. The Morgan fingerprint density at radius 2 is 1.73 bits per heavy atom. The Hall–Kier alpha value is -3.11. The molecule has 1 aliphatic carbocycles. The summed E-state index contributed by atoms with van der Waals surface area (Å²) in [5.41, 5.74) is 3.19. The van der Waals surface area contributed by atoms with E-state index in [0.717, 1.165) is 21.9 Å². The first-order valence-corrected chi connectivity index (χ1v) is 12.4. The van der Waals surface area contributed by atoms with Crippen molar-refractivity contribution in [3.63, 3.8) is 0 Å². The van der Waals surface area contributed by atoms with Crippen LogP contribution in [0, 0.1) is 0 Å². The van der Waals surface area contributed by atoms with Crippen LogP contribution in [-0.2, 0) is 21.2 Å². The van der Waals surface area contributed by atoms with E-state index in [9.17, 15) is 18.0 Å². The minimum atomic E-state index is -4.20. The average molecular weight is 474 g/mol. The Labute approximate surface area is 193 Å². The molecule has 4 rings (SSSR count). The highest BCUT2D eigenvalue weighted by molar-refractivity contribution is 7.90. The van der Waals surface area contributed by atoms with Crippen molar-refractivity contribution >= 4 is 22.0 Å². The van der Waals surface area contributed by atoms with Crippen LogP contribution in [0.25, 0.3) is 0 Å². The quantitative estimate of drug-likeness (QED) is 0.548. The Kier molecular flexibility index (Phi) is 6.57. The van der Waals surface area contributed by atoms with E-state index in [2.05, 4.69) is 17.0 Å². The van der Waals surface area contributed by atoms with Crippen molar-refractivity contribution in [2.45, 2.75) is 31.2 Å². The van der Waals surface area contributed by atoms with Gasteiger partial charge in [0.15, 0.2) is 5.75 Å². The maximum absolute atomic E-state index is 13.1. The second kappa shape index (κ2) is 9.40. The van der Waals surface area contributed by atoms with Crippen LogP contribution in [0.2, 0.25) is 0 Å². The smallest absolute Gasteiger partial charge is 0.335 e. The fourth-order valence-electron chi connectivity index (χ4n) is 4.06. The number of methoxy groups -OCH3 is 1. The topological polar surface area (TPSA) is 116 Å². The van der Waals surface area contributed by atoms with Crippen molar-refractivity contribution in [1.29, 1.82) is 0 Å². The molecule has 9 nitrogen and oxygen atoms in total. The number of hydrogen-bond donors (Lipinski definition) is 2. The highest BCUT2D eigenvalue weighted by Crippen LogP contribution is 2.40. The van der Waals surface area contributed by atoms with Gasteiger partial charge < -0.3 is 14.7 Å². The average Bonchev–Trinajstić information content (AvgIpc) is 3.58. The van der Waals surface area contributed by atoms with Crippen molar-refractivity contribution in [3.8, 4) is 5.75 Å². The predicted molar refractivity (Wildman–Crippen MR) is 121 cm³/mol. The van der Waals surface area contributed by atoms with E-state index < -0.39 is 27.8 Å². The van der Waals surface area contributed by atoms with Crippen LogP contribution in [-0.4, -0.2) is 61.4 Å². The zero-order valence-corrected chi connectivity index (χ0v) is 19.1. The normalized spacial score (nSPS) is 18.6. The highest BCUT2D eigenvalue weighted by atomic mass is 32.2. The van der Waals surface area contributed by atoms with Crippen molar-refractivity contribution in [1.82, 2.24) is 14.7 Å². The lowest BCUT2D eigenvalue weighted by molar-refractivity contribution is -0.134. The fraction of sp³-hybridized carbons (Fsp3) is 0.391. The van der Waals surface area contributed by atoms with Gasteiger partial charge in [0, 0.05) is 6.54 Å². The monoisotopic (exact) mass is 473 g/mol. The van der Waals surface area contributed by atoms with E-state index in [4.69, 9.17) is 9.84 Å². The lowest BCUT2D eigenvalue weighted by Crippen LogP contribution is -2.46. The molecule has 0 spiro atoms. The number of amides is 2. The molecule has 2 amide bonds. The van der Waals surface area contributed by atoms with Crippen molar-refractivity contribution in [3.05, 3.63) is 65.2 Å². The van der Waals surface area contributed by atoms with Gasteiger partial charge in [0.25, 0.3) is 0 Å². The Morgan fingerprint density at radius 3 is 2.30 bits per heavy atom. The number of rotatable bonds is 10. The Morgan fingerprint density at radius 1 is 1.09 bits per heavy atom. The molecule has 2 fully saturated rings. The van der Waals surface area contributed by atoms with Crippen LogP contribution >= 0.6 is 0 Å². The van der Waals surface area contributed by atoms with Crippen LogP contribution in [0.4, 0.5) is 4.79 Å². The molecule has 0 bridgehead atoms. The van der Waals surface area contributed by atoms with E-state index >= 15 is 0 Å². The second-order valence-corrected chi connectivity index (χ2v) is 10.1. The van der Waals surface area contributed by atoms with Crippen LogP contribution in [0.1, 0.15) is 41.5 Å². The van der Waals surface area contributed by atoms with Crippen molar-refractivity contribution in [2.24, 2.45) is 0 Å². The van der Waals surface area contributed by atoms with E-state index in [-0.39, 0.29) is 12.6 Å². The number of nitrogens with one attached hydrogen (secondary N) is 1. The minimum absolute atomic E-state index is 0.0864. The third-order valence-electron chi connectivity index (χ3n) is 5.94. The molecule has 176 valence electrons. The molecule has 33 heavy (non-hydrogen) atoms. The summed E-state index contributed by atoms with van der Waals surface area (Å²) in [5.74, 6) is -1.25. The maximum atomic E-state index is 13.1. The molecule has 0 radical (unpaired) electrons. The molecule has 2 aromatic carbocycles. The number of hydrazine groups is 1. The number of carboxylic acids is 1. The number of nitrogens with zero attached hydrogens (tertiary/aromatic N) is 2. The van der Waals surface area contributed by atoms with Gasteiger partial charge in [0.05, 0.1) is 19.7 Å². The van der Waals surface area contributed by atoms with Gasteiger partial charge in [0.1, 0.15) is 5.75 Å². The number of carbonyl (C=O) groups excluding carboxylic acids is 1. The molecule has 2 aromatic rings. The van der Waals surface area contributed by atoms with E-state index in [1.807, 2.05) is 36.4 Å². The van der Waals surface area contributed by atoms with Gasteiger partial charge >= 0.3 is 12.0 Å². The van der Waals surface area contributed by atoms with Crippen LogP contribution in [0.3, 0.4) is 0 Å². The first-order valence-electron chi connectivity index (χ1n) is 10.8. The molecule has 1 heterocycles. The molecule has 2 aliphatic rings. The van der Waals surface area contributed by atoms with Gasteiger partial charge in [-0.2, -0.15) is 0 Å². The molecule has 10 heteroatoms. The Bertz CT molecular complexity index is 1110. The molecule has 1 aliphatic heterocycles. The maximum Gasteiger partial charge on any atom is 0.335 e. The standard InChI is InChI=1S/C23H27N3O6S/c1-32-20-10-2-16(3-11-20)12-13-25-21(19-8-6-18(7-9-19)17-4-5-17)14-26(23(25)29)24-33(30,31)15-22(27)28/h2-3,6-11,17,21,24H,4-5,12-15H2,1H3,(H,27,28). The van der Waals surface area contributed by atoms with Crippen molar-refractivity contribution in [2.75, 3.05) is 26.0 Å². The minimum Gasteiger partial charge on any atom is -0.497 e. The first kappa shape index (κ1) is 23.1. The number of hydrogen-bond acceptors (Lipinski definition) is 5. The summed E-state index contributed by atoms with van der Waals surface area (Å²) >= 11 is 0. The molecule has 1 saturated carbocycles. The Balaban J connectivity index is 1.53. The number of sulfonamides is 1. The lowest BCUT2D eigenvalue weighted by Gasteiger charge is -2.23. The van der Waals surface area contributed by atoms with Gasteiger partial charge in [-0.05, 0) is 54.0 Å². The number of benzene rings is 2. The number of aliphatic carboxylic acids is 1. The number of carbonyl (C=O) groups is 2. The third-order valence-corrected chi connectivity index (χ3v) is 7.07. The molecule has 1 unspecified atom stereocenters. The SMILES string of the molecule is COc1ccc(CCN2C(=O)N(NS(=O)(=O)CC(=O)O)CC2c2ccc(C3CC3)cc2)cc1. The molecule has 1 saturated heterocycles. The number of carboxylic acid groups (broad SMARTS) is 1. The lowest BCUT2D eigenvalue weighted by atomic mass is 10.0. The van der Waals surface area contributed by atoms with Crippen molar-refractivity contribution < 1.29 is 27.9 Å². The molecular weight excluding hydrogens is 446 g/mol. The largest absolute Gasteiger partial charge is 0.497 e. The zero-order valence-electron chi connectivity index (χ0n) is 18.3. The summed E-state index contributed by atoms with van der Waals surface area (Å²) in [4.78, 5) is 27.8. The number of ether oxygens (including phenoxy) is 1. The summed E-state index contributed by atoms with van der Waals surface area (Å²) in [5, 5.41) is 9.84. The molecule has 1 atom stereocenters. The summed E-state index contributed by atoms with van der Waals surface area (Å²) in [6.45, 7) is 0.459. The van der Waals surface area contributed by atoms with Crippen LogP contribution < -0.4 is 9.57 Å². The van der Waals surface area contributed by atoms with Gasteiger partial charge in [-0.15, -0.1) is 4.83 Å². The summed E-state index contributed by atoms with van der Waals surface area (Å²) in [6, 6.07) is 14.8. The van der Waals surface area contributed by atoms with Gasteiger partial charge in [0.2, 0.25) is 10.0 Å². The second-order valence-electron chi connectivity index (χ2n) is 8.39. The molecule has 2 N–H and O–H groups in total. The molecular formula is C23H27N3O6S. The fourth-order valence-corrected chi connectivity index (χ4v) is 4.94. The van der Waals surface area contributed by atoms with Crippen LogP contribution in [0.15, 0.2) is 48.5 Å². The molecule has 0 aromatic heterocycles.